The second kappa shape index (κ2) is 8.35. The third-order valence-electron chi connectivity index (χ3n) is 5.02. The van der Waals surface area contributed by atoms with Crippen molar-refractivity contribution in [2.45, 2.75) is 27.7 Å². The Kier molecular flexibility index (Phi) is 5.61. The number of amides is 1. The summed E-state index contributed by atoms with van der Waals surface area (Å²) < 4.78 is 7.09. The zero-order chi connectivity index (χ0) is 22.1. The molecule has 0 fully saturated rings. The normalized spacial score (nSPS) is 11.0. The zero-order valence-electron chi connectivity index (χ0n) is 17.9. The summed E-state index contributed by atoms with van der Waals surface area (Å²) in [6.07, 6.45) is 1.83. The van der Waals surface area contributed by atoms with Crippen molar-refractivity contribution in [3.63, 3.8) is 0 Å². The second-order valence-corrected chi connectivity index (χ2v) is 8.48. The van der Waals surface area contributed by atoms with Gasteiger partial charge in [-0.05, 0) is 51.0 Å². The summed E-state index contributed by atoms with van der Waals surface area (Å²) in [7, 11) is 0. The molecule has 0 spiro atoms. The Morgan fingerprint density at radius 2 is 1.87 bits per heavy atom. The molecule has 0 radical (unpaired) electrons. The highest BCUT2D eigenvalue weighted by Crippen LogP contribution is 2.40. The molecule has 0 aliphatic carbocycles. The van der Waals surface area contributed by atoms with Gasteiger partial charge in [0.25, 0.3) is 5.91 Å². The molecule has 4 rings (SSSR count). The summed E-state index contributed by atoms with van der Waals surface area (Å²) in [5.74, 6) is -0.772. The number of hydrogen-bond donors (Lipinski definition) is 1. The maximum absolute atomic E-state index is 13.3. The van der Waals surface area contributed by atoms with Gasteiger partial charge in [0.1, 0.15) is 21.9 Å². The van der Waals surface area contributed by atoms with E-state index in [9.17, 15) is 9.59 Å². The number of aromatic nitrogens is 2. The number of pyridine rings is 1. The quantitative estimate of drug-likeness (QED) is 0.427. The first kappa shape index (κ1) is 20.8. The molecule has 1 N–H and O–H groups in total. The van der Waals surface area contributed by atoms with E-state index < -0.39 is 5.97 Å². The minimum Gasteiger partial charge on any atom is -0.462 e. The molecule has 4 aromatic rings. The zero-order valence-corrected chi connectivity index (χ0v) is 18.7. The number of fused-ring (bicyclic) bond motifs is 1. The third-order valence-corrected chi connectivity index (χ3v) is 6.05. The molecule has 158 valence electrons. The molecule has 0 aliphatic heterocycles. The first-order chi connectivity index (χ1) is 14.9. The van der Waals surface area contributed by atoms with Crippen molar-refractivity contribution in [2.75, 3.05) is 11.9 Å². The summed E-state index contributed by atoms with van der Waals surface area (Å²) in [6.45, 7) is 7.74. The number of carbonyl (C=O) groups excluding carboxylic acids is 2. The topological polar surface area (TPSA) is 72.7 Å². The minimum atomic E-state index is -0.452. The van der Waals surface area contributed by atoms with Gasteiger partial charge in [-0.2, -0.15) is 0 Å². The van der Waals surface area contributed by atoms with E-state index in [1.54, 1.807) is 18.2 Å². The number of aryl methyl sites for hydroxylation is 3. The Balaban J connectivity index is 1.79. The second-order valence-electron chi connectivity index (χ2n) is 7.26. The maximum Gasteiger partial charge on any atom is 0.341 e. The van der Waals surface area contributed by atoms with Gasteiger partial charge >= 0.3 is 5.97 Å². The molecule has 1 amide bonds. The van der Waals surface area contributed by atoms with Crippen LogP contribution in [0.4, 0.5) is 5.00 Å². The summed E-state index contributed by atoms with van der Waals surface area (Å²) in [6, 6.07) is 13.5. The molecule has 0 saturated heterocycles. The van der Waals surface area contributed by atoms with Crippen molar-refractivity contribution in [1.29, 1.82) is 0 Å². The summed E-state index contributed by atoms with van der Waals surface area (Å²) >= 11 is 1.37. The number of rotatable bonds is 5. The molecule has 0 atom stereocenters. The fraction of sp³-hybridized carbons (Fsp3) is 0.208. The van der Waals surface area contributed by atoms with Crippen molar-refractivity contribution >= 4 is 33.9 Å². The van der Waals surface area contributed by atoms with Crippen LogP contribution >= 0.6 is 11.3 Å². The third kappa shape index (κ3) is 3.84. The lowest BCUT2D eigenvalue weighted by molar-refractivity contribution is 0.0529. The van der Waals surface area contributed by atoms with Gasteiger partial charge in [-0.1, -0.05) is 30.3 Å². The van der Waals surface area contributed by atoms with E-state index in [2.05, 4.69) is 10.3 Å². The molecule has 1 aromatic carbocycles. The number of carbonyl (C=O) groups is 2. The van der Waals surface area contributed by atoms with Crippen LogP contribution in [-0.4, -0.2) is 27.9 Å². The van der Waals surface area contributed by atoms with Gasteiger partial charge in [0.2, 0.25) is 0 Å². The highest BCUT2D eigenvalue weighted by Gasteiger charge is 2.27. The van der Waals surface area contributed by atoms with Crippen LogP contribution in [0.3, 0.4) is 0 Å². The Morgan fingerprint density at radius 3 is 2.58 bits per heavy atom. The minimum absolute atomic E-state index is 0.251. The molecule has 7 heteroatoms. The van der Waals surface area contributed by atoms with Crippen molar-refractivity contribution in [1.82, 2.24) is 9.38 Å². The van der Waals surface area contributed by atoms with Crippen LogP contribution in [0.25, 0.3) is 16.8 Å². The smallest absolute Gasteiger partial charge is 0.341 e. The molecule has 0 aliphatic rings. The molecule has 0 unspecified atom stereocenters. The highest BCUT2D eigenvalue weighted by atomic mass is 32.1. The summed E-state index contributed by atoms with van der Waals surface area (Å²) in [5.41, 5.74) is 4.91. The Labute approximate surface area is 184 Å². The maximum atomic E-state index is 13.3. The van der Waals surface area contributed by atoms with E-state index in [1.807, 2.05) is 62.5 Å². The van der Waals surface area contributed by atoms with Crippen LogP contribution in [0, 0.1) is 20.8 Å². The average Bonchev–Trinajstić information content (AvgIpc) is 3.23. The van der Waals surface area contributed by atoms with E-state index in [0.717, 1.165) is 21.6 Å². The number of hydrogen-bond acceptors (Lipinski definition) is 5. The SMILES string of the molecule is CCOC(=O)c1c(NC(=O)c2c(C)nc3cc(C)ccn23)sc(C)c1-c1ccccc1. The molecule has 3 heterocycles. The molecule has 3 aromatic heterocycles. The fourth-order valence-electron chi connectivity index (χ4n) is 3.68. The van der Waals surface area contributed by atoms with Crippen LogP contribution < -0.4 is 5.32 Å². The summed E-state index contributed by atoms with van der Waals surface area (Å²) in [5, 5.41) is 3.42. The number of imidazole rings is 1. The molecule has 0 saturated carbocycles. The lowest BCUT2D eigenvalue weighted by Gasteiger charge is -2.09. The van der Waals surface area contributed by atoms with Crippen LogP contribution in [0.2, 0.25) is 0 Å². The van der Waals surface area contributed by atoms with Gasteiger partial charge in [-0.15, -0.1) is 11.3 Å². The molecule has 6 nitrogen and oxygen atoms in total. The van der Waals surface area contributed by atoms with Crippen molar-refractivity contribution < 1.29 is 14.3 Å². The Morgan fingerprint density at radius 1 is 1.13 bits per heavy atom. The van der Waals surface area contributed by atoms with E-state index in [-0.39, 0.29) is 12.5 Å². The van der Waals surface area contributed by atoms with E-state index in [4.69, 9.17) is 4.74 Å². The molecule has 0 bridgehead atoms. The van der Waals surface area contributed by atoms with Gasteiger partial charge in [-0.25, -0.2) is 9.78 Å². The highest BCUT2D eigenvalue weighted by molar-refractivity contribution is 7.17. The molecule has 31 heavy (non-hydrogen) atoms. The number of thiophene rings is 1. The number of benzene rings is 1. The van der Waals surface area contributed by atoms with Gasteiger partial charge in [0.15, 0.2) is 0 Å². The van der Waals surface area contributed by atoms with Crippen LogP contribution in [0.1, 0.15) is 43.9 Å². The molecular weight excluding hydrogens is 410 g/mol. The van der Waals surface area contributed by atoms with Gasteiger partial charge in [0, 0.05) is 16.6 Å². The van der Waals surface area contributed by atoms with E-state index in [0.29, 0.717) is 27.6 Å². The van der Waals surface area contributed by atoms with E-state index in [1.165, 1.54) is 11.3 Å². The lowest BCUT2D eigenvalue weighted by Crippen LogP contribution is -2.17. The summed E-state index contributed by atoms with van der Waals surface area (Å²) in [4.78, 5) is 31.6. The Hall–Kier alpha value is -3.45. The lowest BCUT2D eigenvalue weighted by atomic mass is 10.0. The predicted molar refractivity (Wildman–Crippen MR) is 123 cm³/mol. The number of ether oxygens (including phenoxy) is 1. The number of esters is 1. The largest absolute Gasteiger partial charge is 0.462 e. The Bertz CT molecular complexity index is 1290. The van der Waals surface area contributed by atoms with Crippen LogP contribution in [-0.2, 0) is 4.74 Å². The van der Waals surface area contributed by atoms with Gasteiger partial charge in [0.05, 0.1) is 12.3 Å². The number of nitrogens with one attached hydrogen (secondary N) is 1. The first-order valence-corrected chi connectivity index (χ1v) is 10.8. The van der Waals surface area contributed by atoms with Crippen LogP contribution in [0.5, 0.6) is 0 Å². The van der Waals surface area contributed by atoms with Crippen molar-refractivity contribution in [3.05, 3.63) is 76.1 Å². The average molecular weight is 434 g/mol. The van der Waals surface area contributed by atoms with Gasteiger partial charge < -0.3 is 10.1 Å². The predicted octanol–water partition coefficient (Wildman–Crippen LogP) is 5.42. The van der Waals surface area contributed by atoms with E-state index >= 15 is 0 Å². The van der Waals surface area contributed by atoms with Crippen LogP contribution in [0.15, 0.2) is 48.7 Å². The fourth-order valence-corrected chi connectivity index (χ4v) is 4.74. The number of nitrogens with zero attached hydrogens (tertiary/aromatic N) is 2. The molecular formula is C24H23N3O3S. The standard InChI is InChI=1S/C24H23N3O3S/c1-5-30-24(29)20-19(17-9-7-6-8-10-17)16(4)31-23(20)26-22(28)21-15(3)25-18-13-14(2)11-12-27(18)21/h6-13H,5H2,1-4H3,(H,26,28). The first-order valence-electron chi connectivity index (χ1n) is 10.0. The monoisotopic (exact) mass is 433 g/mol. The number of anilines is 1. The van der Waals surface area contributed by atoms with Crippen molar-refractivity contribution in [2.24, 2.45) is 0 Å². The van der Waals surface area contributed by atoms with Gasteiger partial charge in [-0.3, -0.25) is 9.20 Å². The van der Waals surface area contributed by atoms with Crippen molar-refractivity contribution in [3.8, 4) is 11.1 Å².